The van der Waals surface area contributed by atoms with Crippen LogP contribution < -0.4 is 15.7 Å². The summed E-state index contributed by atoms with van der Waals surface area (Å²) in [6.45, 7) is 0.529. The van der Waals surface area contributed by atoms with Crippen LogP contribution in [0, 0.1) is 0 Å². The van der Waals surface area contributed by atoms with Crippen molar-refractivity contribution in [3.05, 3.63) is 66.2 Å². The van der Waals surface area contributed by atoms with E-state index in [1.807, 2.05) is 36.4 Å². The third-order valence-corrected chi connectivity index (χ3v) is 3.25. The third-order valence-electron chi connectivity index (χ3n) is 3.25. The van der Waals surface area contributed by atoms with Gasteiger partial charge in [0.1, 0.15) is 6.54 Å². The first-order chi connectivity index (χ1) is 10.6. The summed E-state index contributed by atoms with van der Waals surface area (Å²) in [7, 11) is 0. The van der Waals surface area contributed by atoms with Crippen molar-refractivity contribution in [2.24, 2.45) is 0 Å². The molecule has 0 radical (unpaired) electrons. The zero-order valence-electron chi connectivity index (χ0n) is 12.1. The summed E-state index contributed by atoms with van der Waals surface area (Å²) >= 11 is 0. The monoisotopic (exact) mass is 298 g/mol. The molecule has 0 saturated carbocycles. The van der Waals surface area contributed by atoms with E-state index in [0.29, 0.717) is 12.2 Å². The maximum absolute atomic E-state index is 12.2. The number of aliphatic carboxylic acids is 1. The van der Waals surface area contributed by atoms with Crippen LogP contribution in [0.15, 0.2) is 60.7 Å². The number of rotatable bonds is 7. The third kappa shape index (κ3) is 5.03. The molecule has 0 bridgehead atoms. The number of carboxylic acids is 1. The lowest BCUT2D eigenvalue weighted by atomic mass is 10.1. The van der Waals surface area contributed by atoms with Crippen LogP contribution in [0.2, 0.25) is 0 Å². The predicted molar refractivity (Wildman–Crippen MR) is 80.6 cm³/mol. The van der Waals surface area contributed by atoms with Gasteiger partial charge < -0.3 is 20.5 Å². The van der Waals surface area contributed by atoms with Crippen LogP contribution >= 0.6 is 0 Å². The molecule has 3 N–H and O–H groups in total. The Bertz CT molecular complexity index is 614. The highest BCUT2D eigenvalue weighted by Crippen LogP contribution is 2.05. The molecule has 0 aliphatic heterocycles. The average molecular weight is 298 g/mol. The minimum atomic E-state index is -1.24. The summed E-state index contributed by atoms with van der Waals surface area (Å²) in [5.74, 6) is -1.58. The minimum Gasteiger partial charge on any atom is -0.550 e. The van der Waals surface area contributed by atoms with Crippen molar-refractivity contribution < 1.29 is 20.0 Å². The molecule has 2 aromatic rings. The van der Waals surface area contributed by atoms with Crippen molar-refractivity contribution in [1.82, 2.24) is 0 Å². The molecule has 0 unspecified atom stereocenters. The molecular formula is C17H18N2O3. The van der Waals surface area contributed by atoms with E-state index in [4.69, 9.17) is 0 Å². The van der Waals surface area contributed by atoms with Crippen molar-refractivity contribution in [1.29, 1.82) is 0 Å². The Morgan fingerprint density at radius 2 is 1.59 bits per heavy atom. The molecule has 0 aromatic heterocycles. The number of quaternary nitrogens is 1. The number of nitrogens with one attached hydrogen (secondary N) is 1. The van der Waals surface area contributed by atoms with Crippen LogP contribution in [0.25, 0.3) is 0 Å². The van der Waals surface area contributed by atoms with Gasteiger partial charge in [0.15, 0.2) is 6.04 Å². The second kappa shape index (κ2) is 7.95. The largest absolute Gasteiger partial charge is 0.550 e. The van der Waals surface area contributed by atoms with Gasteiger partial charge in [-0.05, 0) is 12.1 Å². The van der Waals surface area contributed by atoms with E-state index in [1.54, 1.807) is 29.6 Å². The quantitative estimate of drug-likeness (QED) is 0.748. The molecule has 5 heteroatoms. The molecule has 0 aliphatic rings. The standard InChI is InChI=1S/C17H18N2O3/c20-16(21)11-15(18-12-13-7-3-1-4-8-13)17(22)19-14-9-5-2-6-10-14/h1-10,15,18H,11-12H2,(H,19,22)(H,20,21)/t15-/m1/s1. The number of carboxylic acid groups (broad SMARTS) is 1. The average Bonchev–Trinajstić information content (AvgIpc) is 2.53. The molecule has 2 rings (SSSR count). The van der Waals surface area contributed by atoms with Gasteiger partial charge in [-0.2, -0.15) is 0 Å². The Morgan fingerprint density at radius 1 is 1.00 bits per heavy atom. The topological polar surface area (TPSA) is 85.8 Å². The lowest BCUT2D eigenvalue weighted by Crippen LogP contribution is -2.91. The van der Waals surface area contributed by atoms with Crippen molar-refractivity contribution in [3.8, 4) is 0 Å². The predicted octanol–water partition coefficient (Wildman–Crippen LogP) is -0.103. The van der Waals surface area contributed by atoms with E-state index in [0.717, 1.165) is 5.56 Å². The van der Waals surface area contributed by atoms with E-state index in [1.165, 1.54) is 0 Å². The summed E-state index contributed by atoms with van der Waals surface area (Å²) in [5.41, 5.74) is 1.67. The highest BCUT2D eigenvalue weighted by molar-refractivity contribution is 5.95. The molecule has 114 valence electrons. The molecule has 1 amide bonds. The first-order valence-corrected chi connectivity index (χ1v) is 7.08. The molecule has 5 nitrogen and oxygen atoms in total. The van der Waals surface area contributed by atoms with Gasteiger partial charge in [0, 0.05) is 23.6 Å². The van der Waals surface area contributed by atoms with Crippen molar-refractivity contribution >= 4 is 17.6 Å². The minimum absolute atomic E-state index is 0.328. The lowest BCUT2D eigenvalue weighted by Gasteiger charge is -2.16. The summed E-state index contributed by atoms with van der Waals surface area (Å²) in [6, 6.07) is 17.8. The van der Waals surface area contributed by atoms with Gasteiger partial charge in [0.2, 0.25) is 0 Å². The molecule has 1 atom stereocenters. The lowest BCUT2D eigenvalue weighted by molar-refractivity contribution is -0.691. The normalized spacial score (nSPS) is 11.6. The number of hydrogen-bond acceptors (Lipinski definition) is 3. The van der Waals surface area contributed by atoms with Crippen LogP contribution in [0.4, 0.5) is 5.69 Å². The fourth-order valence-corrected chi connectivity index (χ4v) is 2.11. The van der Waals surface area contributed by atoms with Crippen LogP contribution in [-0.4, -0.2) is 17.9 Å². The van der Waals surface area contributed by atoms with E-state index < -0.39 is 12.0 Å². The molecule has 0 fully saturated rings. The van der Waals surface area contributed by atoms with Crippen molar-refractivity contribution in [2.45, 2.75) is 19.0 Å². The second-order valence-corrected chi connectivity index (χ2v) is 4.96. The Balaban J connectivity index is 1.98. The Morgan fingerprint density at radius 3 is 2.18 bits per heavy atom. The number of nitrogens with two attached hydrogens (primary N) is 1. The Kier molecular flexibility index (Phi) is 5.68. The molecule has 2 aromatic carbocycles. The Hall–Kier alpha value is -2.66. The summed E-state index contributed by atoms with van der Waals surface area (Å²) in [4.78, 5) is 23.1. The van der Waals surface area contributed by atoms with Crippen molar-refractivity contribution in [2.75, 3.05) is 5.32 Å². The van der Waals surface area contributed by atoms with E-state index in [2.05, 4.69) is 5.32 Å². The molecule has 0 saturated heterocycles. The van der Waals surface area contributed by atoms with Crippen molar-refractivity contribution in [3.63, 3.8) is 0 Å². The van der Waals surface area contributed by atoms with E-state index in [9.17, 15) is 14.7 Å². The first-order valence-electron chi connectivity index (χ1n) is 7.08. The highest BCUT2D eigenvalue weighted by Gasteiger charge is 2.22. The summed E-state index contributed by atoms with van der Waals surface area (Å²) < 4.78 is 0. The maximum atomic E-state index is 12.2. The number of amides is 1. The van der Waals surface area contributed by atoms with Crippen LogP contribution in [0.5, 0.6) is 0 Å². The van der Waals surface area contributed by atoms with Gasteiger partial charge in [-0.15, -0.1) is 0 Å². The van der Waals surface area contributed by atoms with E-state index >= 15 is 0 Å². The number of benzene rings is 2. The summed E-state index contributed by atoms with van der Waals surface area (Å²) in [6.07, 6.45) is -0.328. The SMILES string of the molecule is O=C([O-])C[C@@H]([NH2+]Cc1ccccc1)C(=O)Nc1ccccc1. The number of hydrogen-bond donors (Lipinski definition) is 2. The molecule has 0 heterocycles. The number of carbonyl (C=O) groups excluding carboxylic acids is 2. The maximum Gasteiger partial charge on any atom is 0.283 e. The van der Waals surface area contributed by atoms with Crippen LogP contribution in [0.3, 0.4) is 0 Å². The van der Waals surface area contributed by atoms with Gasteiger partial charge >= 0.3 is 0 Å². The van der Waals surface area contributed by atoms with Gasteiger partial charge in [-0.25, -0.2) is 0 Å². The van der Waals surface area contributed by atoms with Gasteiger partial charge in [-0.1, -0.05) is 48.5 Å². The fraction of sp³-hybridized carbons (Fsp3) is 0.176. The van der Waals surface area contributed by atoms with Crippen LogP contribution in [0.1, 0.15) is 12.0 Å². The van der Waals surface area contributed by atoms with Gasteiger partial charge in [-0.3, -0.25) is 4.79 Å². The molecule has 22 heavy (non-hydrogen) atoms. The zero-order chi connectivity index (χ0) is 15.8. The molecule has 0 spiro atoms. The Labute approximate surface area is 129 Å². The molecular weight excluding hydrogens is 280 g/mol. The number of carbonyl (C=O) groups is 2. The fourth-order valence-electron chi connectivity index (χ4n) is 2.11. The van der Waals surface area contributed by atoms with E-state index in [-0.39, 0.29) is 12.3 Å². The van der Waals surface area contributed by atoms with Gasteiger partial charge in [0.05, 0.1) is 0 Å². The smallest absolute Gasteiger partial charge is 0.283 e. The second-order valence-electron chi connectivity index (χ2n) is 4.96. The number of para-hydroxylation sites is 1. The van der Waals surface area contributed by atoms with Crippen LogP contribution in [-0.2, 0) is 16.1 Å². The number of anilines is 1. The zero-order valence-corrected chi connectivity index (χ0v) is 12.1. The summed E-state index contributed by atoms with van der Waals surface area (Å²) in [5, 5.41) is 15.3. The highest BCUT2D eigenvalue weighted by atomic mass is 16.4. The molecule has 0 aliphatic carbocycles. The van der Waals surface area contributed by atoms with Gasteiger partial charge in [0.25, 0.3) is 5.91 Å². The first kappa shape index (κ1) is 15.7.